The summed E-state index contributed by atoms with van der Waals surface area (Å²) in [7, 11) is 1.53. The smallest absolute Gasteiger partial charge is 0.308 e. The number of esters is 1. The van der Waals surface area contributed by atoms with Gasteiger partial charge in [0.2, 0.25) is 0 Å². The topological polar surface area (TPSA) is 26.3 Å². The highest BCUT2D eigenvalue weighted by atomic mass is 16.5. The fourth-order valence-corrected chi connectivity index (χ4v) is 5.14. The first kappa shape index (κ1) is 6.86. The summed E-state index contributed by atoms with van der Waals surface area (Å²) in [6.07, 6.45) is 2.60. The number of carbonyl (C=O) groups is 1. The summed E-state index contributed by atoms with van der Waals surface area (Å²) in [6, 6.07) is 0. The lowest BCUT2D eigenvalue weighted by atomic mass is 9.88. The Morgan fingerprint density at radius 1 is 1.08 bits per heavy atom. The van der Waals surface area contributed by atoms with Crippen LogP contribution in [0.15, 0.2) is 0 Å². The molecule has 5 saturated carbocycles. The van der Waals surface area contributed by atoms with E-state index in [1.54, 1.807) is 0 Å². The molecule has 5 rings (SSSR count). The molecule has 70 valence electrons. The Morgan fingerprint density at radius 2 is 1.85 bits per heavy atom. The Morgan fingerprint density at radius 3 is 2.38 bits per heavy atom. The first-order valence-corrected chi connectivity index (χ1v) is 5.40. The molecule has 0 aromatic heterocycles. The molecule has 0 saturated heterocycles. The minimum atomic E-state index is 0.0727. The summed E-state index contributed by atoms with van der Waals surface area (Å²) in [5.41, 5.74) is 0. The first-order chi connectivity index (χ1) is 6.33. The molecule has 13 heavy (non-hydrogen) atoms. The second-order valence-electron chi connectivity index (χ2n) is 5.32. The van der Waals surface area contributed by atoms with Crippen molar-refractivity contribution in [1.82, 2.24) is 0 Å². The third-order valence-electron chi connectivity index (χ3n) is 5.31. The summed E-state index contributed by atoms with van der Waals surface area (Å²) in [5, 5.41) is 0. The van der Waals surface area contributed by atoms with Gasteiger partial charge in [0.05, 0.1) is 13.0 Å². The molecule has 0 aromatic rings. The van der Waals surface area contributed by atoms with Gasteiger partial charge >= 0.3 is 5.97 Å². The number of ether oxygens (including phenoxy) is 1. The molecule has 2 heteroatoms. The molecule has 0 radical (unpaired) electrons. The molecule has 0 heterocycles. The Balaban J connectivity index is 1.70. The van der Waals surface area contributed by atoms with E-state index in [4.69, 9.17) is 4.74 Å². The highest BCUT2D eigenvalue weighted by Gasteiger charge is 2.78. The van der Waals surface area contributed by atoms with Crippen molar-refractivity contribution in [2.24, 2.45) is 41.4 Å². The maximum absolute atomic E-state index is 11.5. The van der Waals surface area contributed by atoms with Gasteiger partial charge in [0.15, 0.2) is 0 Å². The summed E-state index contributed by atoms with van der Waals surface area (Å²) in [4.78, 5) is 11.5. The van der Waals surface area contributed by atoms with Gasteiger partial charge in [-0.15, -0.1) is 0 Å². The Bertz CT molecular complexity index is 298. The fourth-order valence-electron chi connectivity index (χ4n) is 5.14. The Labute approximate surface area is 77.6 Å². The van der Waals surface area contributed by atoms with Crippen molar-refractivity contribution in [2.45, 2.75) is 12.8 Å². The van der Waals surface area contributed by atoms with E-state index in [1.807, 2.05) is 0 Å². The monoisotopic (exact) mass is 178 g/mol. The lowest BCUT2D eigenvalue weighted by Crippen LogP contribution is -2.24. The van der Waals surface area contributed by atoms with Gasteiger partial charge in [-0.25, -0.2) is 0 Å². The second kappa shape index (κ2) is 1.79. The van der Waals surface area contributed by atoms with E-state index in [1.165, 1.54) is 13.5 Å². The minimum Gasteiger partial charge on any atom is -0.469 e. The Kier molecular flexibility index (Phi) is 0.946. The molecule has 0 aromatic carbocycles. The maximum atomic E-state index is 11.5. The van der Waals surface area contributed by atoms with Crippen LogP contribution >= 0.6 is 0 Å². The fraction of sp³-hybridized carbons (Fsp3) is 0.909. The molecule has 7 unspecified atom stereocenters. The normalized spacial score (nSPS) is 64.2. The number of rotatable bonds is 1. The average molecular weight is 178 g/mol. The zero-order valence-corrected chi connectivity index (χ0v) is 7.77. The van der Waals surface area contributed by atoms with Crippen molar-refractivity contribution in [1.29, 1.82) is 0 Å². The molecule has 2 nitrogen and oxygen atoms in total. The van der Waals surface area contributed by atoms with Crippen molar-refractivity contribution in [3.63, 3.8) is 0 Å². The molecule has 0 N–H and O–H groups in total. The van der Waals surface area contributed by atoms with Crippen molar-refractivity contribution < 1.29 is 9.53 Å². The number of hydrogen-bond acceptors (Lipinski definition) is 2. The summed E-state index contributed by atoms with van der Waals surface area (Å²) >= 11 is 0. The predicted molar refractivity (Wildman–Crippen MR) is 45.7 cm³/mol. The van der Waals surface area contributed by atoms with E-state index < -0.39 is 0 Å². The highest BCUT2D eigenvalue weighted by Crippen LogP contribution is 2.82. The quantitative estimate of drug-likeness (QED) is 0.566. The van der Waals surface area contributed by atoms with Crippen molar-refractivity contribution >= 4 is 5.97 Å². The molecule has 0 aliphatic heterocycles. The van der Waals surface area contributed by atoms with Crippen LogP contribution in [0.5, 0.6) is 0 Å². The third kappa shape index (κ3) is 0.544. The van der Waals surface area contributed by atoms with Crippen molar-refractivity contribution in [3.05, 3.63) is 0 Å². The number of carbonyl (C=O) groups excluding carboxylic acids is 1. The zero-order valence-electron chi connectivity index (χ0n) is 7.77. The van der Waals surface area contributed by atoms with Crippen LogP contribution in [0, 0.1) is 41.4 Å². The van der Waals surface area contributed by atoms with Gasteiger partial charge in [-0.2, -0.15) is 0 Å². The van der Waals surface area contributed by atoms with E-state index in [9.17, 15) is 4.79 Å². The van der Waals surface area contributed by atoms with E-state index in [0.29, 0.717) is 0 Å². The molecular formula is C11H14O2. The van der Waals surface area contributed by atoms with Crippen LogP contribution in [-0.2, 0) is 9.53 Å². The van der Waals surface area contributed by atoms with Crippen LogP contribution in [0.3, 0.4) is 0 Å². The SMILES string of the molecule is COC(=O)C1CC2C3CC4C2C4C13. The predicted octanol–water partition coefficient (Wildman–Crippen LogP) is 1.31. The van der Waals surface area contributed by atoms with Gasteiger partial charge < -0.3 is 4.74 Å². The van der Waals surface area contributed by atoms with Crippen LogP contribution < -0.4 is 0 Å². The lowest BCUT2D eigenvalue weighted by Gasteiger charge is -2.18. The largest absolute Gasteiger partial charge is 0.469 e. The number of hydrogen-bond donors (Lipinski definition) is 0. The molecule has 0 spiro atoms. The first-order valence-electron chi connectivity index (χ1n) is 5.40. The Hall–Kier alpha value is -0.530. The second-order valence-corrected chi connectivity index (χ2v) is 5.32. The van der Waals surface area contributed by atoms with Crippen LogP contribution in [0.1, 0.15) is 12.8 Å². The standard InChI is InChI=1S/C11H14O2/c1-13-11(12)7-3-5-4-2-6-8(5)10(6)9(4)7/h4-10H,2-3H2,1H3. The third-order valence-corrected chi connectivity index (χ3v) is 5.31. The minimum absolute atomic E-state index is 0.0727. The molecular weight excluding hydrogens is 164 g/mol. The van der Waals surface area contributed by atoms with Crippen LogP contribution in [0.4, 0.5) is 0 Å². The molecule has 0 amide bonds. The summed E-state index contributed by atoms with van der Waals surface area (Å²) < 4.78 is 4.88. The van der Waals surface area contributed by atoms with Gasteiger partial charge in [-0.05, 0) is 48.3 Å². The number of methoxy groups -OCH3 is 1. The van der Waals surface area contributed by atoms with Gasteiger partial charge in [0.1, 0.15) is 0 Å². The van der Waals surface area contributed by atoms with E-state index in [2.05, 4.69) is 0 Å². The summed E-state index contributed by atoms with van der Waals surface area (Å²) in [5.74, 6) is 5.98. The van der Waals surface area contributed by atoms with E-state index >= 15 is 0 Å². The lowest BCUT2D eigenvalue weighted by molar-refractivity contribution is -0.147. The van der Waals surface area contributed by atoms with Gasteiger partial charge in [0, 0.05) is 0 Å². The molecule has 5 aliphatic carbocycles. The average Bonchev–Trinajstić information content (AvgIpc) is 2.59. The van der Waals surface area contributed by atoms with Gasteiger partial charge in [0.25, 0.3) is 0 Å². The molecule has 5 fully saturated rings. The molecule has 6 bridgehead atoms. The van der Waals surface area contributed by atoms with Gasteiger partial charge in [-0.3, -0.25) is 4.79 Å². The van der Waals surface area contributed by atoms with Crippen molar-refractivity contribution in [3.8, 4) is 0 Å². The molecule has 5 aliphatic rings. The highest BCUT2D eigenvalue weighted by molar-refractivity contribution is 5.74. The van der Waals surface area contributed by atoms with Crippen molar-refractivity contribution in [2.75, 3.05) is 7.11 Å². The van der Waals surface area contributed by atoms with Gasteiger partial charge in [-0.1, -0.05) is 0 Å². The van der Waals surface area contributed by atoms with Crippen LogP contribution in [-0.4, -0.2) is 13.1 Å². The van der Waals surface area contributed by atoms with E-state index in [0.717, 1.165) is 41.9 Å². The molecule has 7 atom stereocenters. The maximum Gasteiger partial charge on any atom is 0.308 e. The summed E-state index contributed by atoms with van der Waals surface area (Å²) in [6.45, 7) is 0. The zero-order chi connectivity index (χ0) is 8.74. The van der Waals surface area contributed by atoms with Crippen LogP contribution in [0.2, 0.25) is 0 Å². The van der Waals surface area contributed by atoms with E-state index in [-0.39, 0.29) is 11.9 Å². The van der Waals surface area contributed by atoms with Crippen LogP contribution in [0.25, 0.3) is 0 Å².